The molecule has 3 fully saturated rings. The van der Waals surface area contributed by atoms with Gasteiger partial charge in [-0.3, -0.25) is 0 Å². The zero-order chi connectivity index (χ0) is 21.5. The van der Waals surface area contributed by atoms with E-state index in [1.54, 1.807) is 0 Å². The third-order valence-corrected chi connectivity index (χ3v) is 7.16. The van der Waals surface area contributed by atoms with E-state index in [1.165, 1.54) is 30.4 Å². The fraction of sp³-hybridized carbons (Fsp3) is 0.720. The maximum absolute atomic E-state index is 6.08. The molecule has 1 spiro atoms. The van der Waals surface area contributed by atoms with E-state index in [2.05, 4.69) is 48.7 Å². The second kappa shape index (κ2) is 10.8. The lowest BCUT2D eigenvalue weighted by Gasteiger charge is -2.61. The highest BCUT2D eigenvalue weighted by atomic mass is 16.5. The summed E-state index contributed by atoms with van der Waals surface area (Å²) in [4.78, 5) is 4.89. The molecule has 1 heterocycles. The van der Waals surface area contributed by atoms with Crippen molar-refractivity contribution >= 4 is 5.96 Å². The number of hydrogen-bond donors (Lipinski definition) is 2. The average molecular weight is 430 g/mol. The van der Waals surface area contributed by atoms with Crippen molar-refractivity contribution in [1.29, 1.82) is 0 Å². The van der Waals surface area contributed by atoms with Gasteiger partial charge in [-0.1, -0.05) is 30.7 Å². The molecule has 1 saturated heterocycles. The molecule has 172 valence electrons. The van der Waals surface area contributed by atoms with Crippen LogP contribution in [0.4, 0.5) is 0 Å². The quantitative estimate of drug-likeness (QED) is 0.462. The molecule has 1 aliphatic heterocycles. The topological polar surface area (TPSA) is 64.1 Å². The highest BCUT2D eigenvalue weighted by molar-refractivity contribution is 5.80. The van der Waals surface area contributed by atoms with Crippen LogP contribution in [-0.2, 0) is 27.4 Å². The minimum atomic E-state index is 0.321. The zero-order valence-electron chi connectivity index (χ0n) is 19.2. The molecule has 1 aromatic carbocycles. The van der Waals surface area contributed by atoms with Crippen LogP contribution < -0.4 is 10.6 Å². The number of guanidine groups is 1. The molecule has 0 aromatic heterocycles. The Kier molecular flexibility index (Phi) is 7.86. The second-order valence-electron chi connectivity index (χ2n) is 9.10. The SMILES string of the molecule is CCNC(=NCc1cccc(COC2CCOCC2)c1)NC1CC(OCC)C12CCC2. The third-order valence-electron chi connectivity index (χ3n) is 7.16. The Bertz CT molecular complexity index is 728. The fourth-order valence-electron chi connectivity index (χ4n) is 5.17. The molecule has 3 aliphatic rings. The summed E-state index contributed by atoms with van der Waals surface area (Å²) < 4.78 is 17.5. The van der Waals surface area contributed by atoms with E-state index in [0.717, 1.165) is 51.6 Å². The second-order valence-corrected chi connectivity index (χ2v) is 9.10. The number of nitrogens with zero attached hydrogens (tertiary/aromatic N) is 1. The van der Waals surface area contributed by atoms with Crippen molar-refractivity contribution in [3.63, 3.8) is 0 Å². The van der Waals surface area contributed by atoms with Crippen molar-refractivity contribution < 1.29 is 14.2 Å². The summed E-state index contributed by atoms with van der Waals surface area (Å²) in [5, 5.41) is 7.14. The van der Waals surface area contributed by atoms with Crippen LogP contribution in [0.25, 0.3) is 0 Å². The predicted molar refractivity (Wildman–Crippen MR) is 123 cm³/mol. The molecular formula is C25H39N3O3. The van der Waals surface area contributed by atoms with Gasteiger partial charge in [-0.25, -0.2) is 4.99 Å². The Morgan fingerprint density at radius 3 is 2.68 bits per heavy atom. The molecule has 2 atom stereocenters. The number of nitrogens with one attached hydrogen (secondary N) is 2. The molecule has 2 unspecified atom stereocenters. The van der Waals surface area contributed by atoms with Crippen LogP contribution in [-0.4, -0.2) is 50.6 Å². The van der Waals surface area contributed by atoms with Crippen molar-refractivity contribution in [2.75, 3.05) is 26.4 Å². The molecule has 6 heteroatoms. The van der Waals surface area contributed by atoms with Gasteiger partial charge in [0.25, 0.3) is 0 Å². The number of benzene rings is 1. The molecule has 0 radical (unpaired) electrons. The summed E-state index contributed by atoms with van der Waals surface area (Å²) in [6.07, 6.45) is 7.66. The molecule has 0 bridgehead atoms. The van der Waals surface area contributed by atoms with E-state index in [-0.39, 0.29) is 0 Å². The van der Waals surface area contributed by atoms with Crippen LogP contribution in [0.2, 0.25) is 0 Å². The van der Waals surface area contributed by atoms with E-state index in [9.17, 15) is 0 Å². The van der Waals surface area contributed by atoms with Gasteiger partial charge in [0.2, 0.25) is 0 Å². The molecule has 2 N–H and O–H groups in total. The molecule has 2 aliphatic carbocycles. The van der Waals surface area contributed by atoms with Crippen LogP contribution in [0.3, 0.4) is 0 Å². The first-order valence-electron chi connectivity index (χ1n) is 12.2. The monoisotopic (exact) mass is 429 g/mol. The van der Waals surface area contributed by atoms with Crippen molar-refractivity contribution in [2.24, 2.45) is 10.4 Å². The van der Waals surface area contributed by atoms with Crippen LogP contribution >= 0.6 is 0 Å². The largest absolute Gasteiger partial charge is 0.381 e. The first kappa shape index (κ1) is 22.6. The molecule has 6 nitrogen and oxygen atoms in total. The molecule has 0 amide bonds. The molecule has 1 aromatic rings. The van der Waals surface area contributed by atoms with E-state index in [1.807, 2.05) is 0 Å². The van der Waals surface area contributed by atoms with Crippen molar-refractivity contribution in [1.82, 2.24) is 10.6 Å². The van der Waals surface area contributed by atoms with Crippen LogP contribution in [0, 0.1) is 5.41 Å². The van der Waals surface area contributed by atoms with Gasteiger partial charge in [-0.2, -0.15) is 0 Å². The van der Waals surface area contributed by atoms with Crippen molar-refractivity contribution in [3.8, 4) is 0 Å². The Hall–Kier alpha value is -1.63. The minimum Gasteiger partial charge on any atom is -0.381 e. The van der Waals surface area contributed by atoms with Gasteiger partial charge in [-0.15, -0.1) is 0 Å². The number of rotatable bonds is 9. The summed E-state index contributed by atoms with van der Waals surface area (Å²) in [6, 6.07) is 9.07. The zero-order valence-corrected chi connectivity index (χ0v) is 19.2. The highest BCUT2D eigenvalue weighted by Crippen LogP contribution is 2.57. The highest BCUT2D eigenvalue weighted by Gasteiger charge is 2.59. The summed E-state index contributed by atoms with van der Waals surface area (Å²) >= 11 is 0. The van der Waals surface area contributed by atoms with Gasteiger partial charge in [0.05, 0.1) is 25.4 Å². The van der Waals surface area contributed by atoms with E-state index >= 15 is 0 Å². The number of ether oxygens (including phenoxy) is 3. The maximum Gasteiger partial charge on any atom is 0.191 e. The van der Waals surface area contributed by atoms with Crippen LogP contribution in [0.5, 0.6) is 0 Å². The lowest BCUT2D eigenvalue weighted by molar-refractivity contribution is -0.168. The first-order valence-corrected chi connectivity index (χ1v) is 12.2. The van der Waals surface area contributed by atoms with Gasteiger partial charge in [-0.05, 0) is 57.1 Å². The Labute approximate surface area is 187 Å². The number of hydrogen-bond acceptors (Lipinski definition) is 4. The summed E-state index contributed by atoms with van der Waals surface area (Å²) in [5.41, 5.74) is 2.75. The maximum atomic E-state index is 6.08. The van der Waals surface area contributed by atoms with E-state index in [0.29, 0.717) is 36.8 Å². The van der Waals surface area contributed by atoms with Gasteiger partial charge >= 0.3 is 0 Å². The molecular weight excluding hydrogens is 390 g/mol. The molecule has 4 rings (SSSR count). The minimum absolute atomic E-state index is 0.321. The van der Waals surface area contributed by atoms with Gasteiger partial charge in [0, 0.05) is 37.8 Å². The predicted octanol–water partition coefficient (Wildman–Crippen LogP) is 3.79. The Balaban J connectivity index is 1.32. The standard InChI is InChI=1S/C25H39N3O3/c1-3-26-24(28-22-16-23(30-4-2)25(22)11-6-12-25)27-17-19-7-5-8-20(15-19)18-31-21-9-13-29-14-10-21/h5,7-8,15,21-23H,3-4,6,9-14,16-18H2,1-2H3,(H2,26,27,28). The van der Waals surface area contributed by atoms with E-state index < -0.39 is 0 Å². The first-order chi connectivity index (χ1) is 15.2. The van der Waals surface area contributed by atoms with E-state index in [4.69, 9.17) is 19.2 Å². The third kappa shape index (κ3) is 5.41. The lowest BCUT2D eigenvalue weighted by Crippen LogP contribution is -2.68. The van der Waals surface area contributed by atoms with Crippen LogP contribution in [0.1, 0.15) is 63.5 Å². The normalized spacial score (nSPS) is 25.7. The van der Waals surface area contributed by atoms with Crippen LogP contribution in [0.15, 0.2) is 29.3 Å². The van der Waals surface area contributed by atoms with Gasteiger partial charge < -0.3 is 24.8 Å². The average Bonchev–Trinajstić information content (AvgIpc) is 2.75. The van der Waals surface area contributed by atoms with Gasteiger partial charge in [0.1, 0.15) is 0 Å². The number of aliphatic imine (C=N–C) groups is 1. The lowest BCUT2D eigenvalue weighted by atomic mass is 9.51. The summed E-state index contributed by atoms with van der Waals surface area (Å²) in [7, 11) is 0. The summed E-state index contributed by atoms with van der Waals surface area (Å²) in [6.45, 7) is 8.83. The molecule has 31 heavy (non-hydrogen) atoms. The molecule has 2 saturated carbocycles. The smallest absolute Gasteiger partial charge is 0.191 e. The van der Waals surface area contributed by atoms with Gasteiger partial charge in [0.15, 0.2) is 5.96 Å². The Morgan fingerprint density at radius 1 is 1.16 bits per heavy atom. The van der Waals surface area contributed by atoms with Crippen molar-refractivity contribution in [2.45, 2.75) is 83.8 Å². The van der Waals surface area contributed by atoms with Crippen molar-refractivity contribution in [3.05, 3.63) is 35.4 Å². The Morgan fingerprint density at radius 2 is 1.97 bits per heavy atom. The fourth-order valence-corrected chi connectivity index (χ4v) is 5.17. The summed E-state index contributed by atoms with van der Waals surface area (Å²) in [5.74, 6) is 0.914.